The van der Waals surface area contributed by atoms with Gasteiger partial charge in [-0.15, -0.1) is 0 Å². The number of hydrogen-bond donors (Lipinski definition) is 0. The molecule has 3 rings (SSSR count). The molecule has 1 aromatic heterocycles. The van der Waals surface area contributed by atoms with E-state index in [0.29, 0.717) is 0 Å². The summed E-state index contributed by atoms with van der Waals surface area (Å²) in [4.78, 5) is 0. The number of para-hydroxylation sites is 1. The molecule has 0 fully saturated rings. The molecule has 0 atom stereocenters. The molecule has 0 saturated carbocycles. The maximum absolute atomic E-state index is 5.35. The number of aromatic nitrogens is 1. The Balaban J connectivity index is 0.00000208. The van der Waals surface area contributed by atoms with E-state index in [1.165, 1.54) is 10.9 Å². The van der Waals surface area contributed by atoms with Crippen LogP contribution in [0.15, 0.2) is 54.6 Å². The number of benzene rings is 2. The summed E-state index contributed by atoms with van der Waals surface area (Å²) >= 11 is 0. The summed E-state index contributed by atoms with van der Waals surface area (Å²) in [7, 11) is 5.37. The van der Waals surface area contributed by atoms with Gasteiger partial charge in [0.25, 0.3) is 0 Å². The minimum atomic E-state index is 0. The smallest absolute Gasteiger partial charge is 0.212 e. The van der Waals surface area contributed by atoms with E-state index in [4.69, 9.17) is 9.47 Å². The topological polar surface area (TPSA) is 22.3 Å². The second kappa shape index (κ2) is 8.15. The third kappa shape index (κ3) is 3.70. The van der Waals surface area contributed by atoms with Gasteiger partial charge in [-0.05, 0) is 35.9 Å². The van der Waals surface area contributed by atoms with Crippen LogP contribution in [-0.4, -0.2) is 14.2 Å². The van der Waals surface area contributed by atoms with Gasteiger partial charge in [0.1, 0.15) is 7.05 Å². The fraction of sp³-hybridized carbons (Fsp3) is 0.150. The molecule has 0 aliphatic heterocycles. The van der Waals surface area contributed by atoms with E-state index in [0.717, 1.165) is 22.8 Å². The molecule has 0 amide bonds. The lowest BCUT2D eigenvalue weighted by Gasteiger charge is -2.07. The molecule has 1 heterocycles. The zero-order chi connectivity index (χ0) is 16.2. The molecule has 124 valence electrons. The van der Waals surface area contributed by atoms with Gasteiger partial charge in [-0.3, -0.25) is 0 Å². The van der Waals surface area contributed by atoms with Crippen molar-refractivity contribution in [2.75, 3.05) is 14.2 Å². The molecular formula is C20H20INO2. The molecule has 3 nitrogen and oxygen atoms in total. The summed E-state index contributed by atoms with van der Waals surface area (Å²) in [6.45, 7) is 0. The van der Waals surface area contributed by atoms with Crippen LogP contribution in [0, 0.1) is 0 Å². The summed E-state index contributed by atoms with van der Waals surface area (Å²) in [6.07, 6.45) is 4.18. The molecule has 4 heteroatoms. The molecule has 0 unspecified atom stereocenters. The molecule has 2 aromatic carbocycles. The first kappa shape index (κ1) is 18.3. The Labute approximate surface area is 159 Å². The number of methoxy groups -OCH3 is 2. The normalized spacial score (nSPS) is 10.6. The highest BCUT2D eigenvalue weighted by Crippen LogP contribution is 2.28. The number of nitrogens with zero attached hydrogens (tertiary/aromatic N) is 1. The standard InChI is InChI=1S/C20H20NO2.HI/c1-21-17(12-10-16-6-4-5-7-18(16)21)11-8-15-9-13-19(22-2)20(14-15)23-3;/h4-14H,1-3H3;1H/q+1;/p-1. The Morgan fingerprint density at radius 3 is 2.33 bits per heavy atom. The van der Waals surface area contributed by atoms with Gasteiger partial charge in [-0.25, -0.2) is 0 Å². The van der Waals surface area contributed by atoms with E-state index in [1.54, 1.807) is 14.2 Å². The maximum Gasteiger partial charge on any atom is 0.212 e. The minimum Gasteiger partial charge on any atom is -1.00 e. The lowest BCUT2D eigenvalue weighted by molar-refractivity contribution is -0.646. The fourth-order valence-corrected chi connectivity index (χ4v) is 2.67. The van der Waals surface area contributed by atoms with Gasteiger partial charge in [-0.2, -0.15) is 4.57 Å². The Morgan fingerprint density at radius 2 is 1.58 bits per heavy atom. The van der Waals surface area contributed by atoms with Gasteiger partial charge in [0.15, 0.2) is 11.5 Å². The Morgan fingerprint density at radius 1 is 0.833 bits per heavy atom. The van der Waals surface area contributed by atoms with Gasteiger partial charge >= 0.3 is 0 Å². The lowest BCUT2D eigenvalue weighted by Crippen LogP contribution is -3.00. The van der Waals surface area contributed by atoms with Crippen LogP contribution >= 0.6 is 0 Å². The second-order valence-electron chi connectivity index (χ2n) is 5.32. The van der Waals surface area contributed by atoms with Gasteiger partial charge in [0, 0.05) is 23.6 Å². The summed E-state index contributed by atoms with van der Waals surface area (Å²) in [6, 6.07) is 18.5. The average molecular weight is 433 g/mol. The van der Waals surface area contributed by atoms with Gasteiger partial charge in [0.2, 0.25) is 11.2 Å². The quantitative estimate of drug-likeness (QED) is 0.450. The van der Waals surface area contributed by atoms with Crippen LogP contribution in [-0.2, 0) is 7.05 Å². The number of ether oxygens (including phenoxy) is 2. The van der Waals surface area contributed by atoms with Crippen molar-refractivity contribution in [2.24, 2.45) is 7.05 Å². The zero-order valence-corrected chi connectivity index (χ0v) is 16.2. The third-order valence-electron chi connectivity index (χ3n) is 3.97. The summed E-state index contributed by atoms with van der Waals surface area (Å²) in [5, 5.41) is 1.23. The summed E-state index contributed by atoms with van der Waals surface area (Å²) in [5.41, 5.74) is 3.41. The number of fused-ring (bicyclic) bond motifs is 1. The first-order valence-corrected chi connectivity index (χ1v) is 7.51. The van der Waals surface area contributed by atoms with E-state index >= 15 is 0 Å². The predicted octanol–water partition coefficient (Wildman–Crippen LogP) is 0.856. The maximum atomic E-state index is 5.35. The van der Waals surface area contributed by atoms with E-state index in [-0.39, 0.29) is 24.0 Å². The zero-order valence-electron chi connectivity index (χ0n) is 14.0. The number of aryl methyl sites for hydroxylation is 1. The molecular weight excluding hydrogens is 413 g/mol. The molecule has 0 saturated heterocycles. The minimum absolute atomic E-state index is 0. The number of rotatable bonds is 4. The van der Waals surface area contributed by atoms with Crippen LogP contribution < -0.4 is 38.0 Å². The van der Waals surface area contributed by atoms with Crippen LogP contribution in [0.1, 0.15) is 11.3 Å². The molecule has 0 radical (unpaired) electrons. The second-order valence-corrected chi connectivity index (χ2v) is 5.32. The highest BCUT2D eigenvalue weighted by Gasteiger charge is 2.08. The first-order valence-electron chi connectivity index (χ1n) is 7.51. The van der Waals surface area contributed by atoms with Gasteiger partial charge in [0.05, 0.1) is 14.2 Å². The largest absolute Gasteiger partial charge is 1.00 e. The van der Waals surface area contributed by atoms with Gasteiger partial charge in [-0.1, -0.05) is 18.2 Å². The number of halogens is 1. The van der Waals surface area contributed by atoms with Crippen LogP contribution in [0.2, 0.25) is 0 Å². The highest BCUT2D eigenvalue weighted by atomic mass is 127. The molecule has 0 spiro atoms. The SMILES string of the molecule is COc1ccc(C=Cc2ccc3ccccc3[n+]2C)cc1OC.[I-]. The van der Waals surface area contributed by atoms with Crippen molar-refractivity contribution in [1.82, 2.24) is 0 Å². The van der Waals surface area contributed by atoms with E-state index < -0.39 is 0 Å². The summed E-state index contributed by atoms with van der Waals surface area (Å²) < 4.78 is 12.8. The Bertz CT molecular complexity index is 875. The fourth-order valence-electron chi connectivity index (χ4n) is 2.67. The van der Waals surface area contributed by atoms with E-state index in [2.05, 4.69) is 60.2 Å². The van der Waals surface area contributed by atoms with E-state index in [9.17, 15) is 0 Å². The summed E-state index contributed by atoms with van der Waals surface area (Å²) in [5.74, 6) is 1.47. The third-order valence-corrected chi connectivity index (χ3v) is 3.97. The number of pyridine rings is 1. The lowest BCUT2D eigenvalue weighted by atomic mass is 10.1. The van der Waals surface area contributed by atoms with Crippen LogP contribution in [0.25, 0.3) is 23.1 Å². The molecule has 0 N–H and O–H groups in total. The van der Waals surface area contributed by atoms with Crippen LogP contribution in [0.3, 0.4) is 0 Å². The van der Waals surface area contributed by atoms with Crippen LogP contribution in [0.5, 0.6) is 11.5 Å². The number of hydrogen-bond acceptors (Lipinski definition) is 2. The van der Waals surface area contributed by atoms with Crippen LogP contribution in [0.4, 0.5) is 0 Å². The van der Waals surface area contributed by atoms with Crippen molar-refractivity contribution in [3.05, 3.63) is 65.9 Å². The van der Waals surface area contributed by atoms with E-state index in [1.807, 2.05) is 18.2 Å². The monoisotopic (exact) mass is 433 g/mol. The average Bonchev–Trinajstić information content (AvgIpc) is 2.61. The van der Waals surface area contributed by atoms with Crippen molar-refractivity contribution in [2.45, 2.75) is 0 Å². The van der Waals surface area contributed by atoms with Crippen molar-refractivity contribution in [3.63, 3.8) is 0 Å². The molecule has 0 aliphatic rings. The first-order chi connectivity index (χ1) is 11.2. The molecule has 0 aliphatic carbocycles. The Kier molecular flexibility index (Phi) is 6.20. The predicted molar refractivity (Wildman–Crippen MR) is 93.6 cm³/mol. The highest BCUT2D eigenvalue weighted by molar-refractivity contribution is 5.77. The molecule has 24 heavy (non-hydrogen) atoms. The van der Waals surface area contributed by atoms with Crippen molar-refractivity contribution in [1.29, 1.82) is 0 Å². The van der Waals surface area contributed by atoms with Crippen molar-refractivity contribution in [3.8, 4) is 11.5 Å². The van der Waals surface area contributed by atoms with Crippen molar-refractivity contribution < 1.29 is 38.0 Å². The molecule has 3 aromatic rings. The molecule has 0 bridgehead atoms. The van der Waals surface area contributed by atoms with Crippen molar-refractivity contribution >= 4 is 23.1 Å². The van der Waals surface area contributed by atoms with Gasteiger partial charge < -0.3 is 33.5 Å². The Hall–Kier alpha value is -2.08.